The molecule has 104 valence electrons. The molecule has 0 amide bonds. The summed E-state index contributed by atoms with van der Waals surface area (Å²) in [5.41, 5.74) is 2.93. The molecular formula is C20H18O. The molecule has 2 aromatic carbocycles. The van der Waals surface area contributed by atoms with Gasteiger partial charge in [-0.1, -0.05) is 66.7 Å². The Kier molecular flexibility index (Phi) is 2.99. The third kappa shape index (κ3) is 2.23. The van der Waals surface area contributed by atoms with E-state index in [-0.39, 0.29) is 5.78 Å². The first-order valence-corrected chi connectivity index (χ1v) is 7.71. The van der Waals surface area contributed by atoms with Crippen LogP contribution in [-0.2, 0) is 0 Å². The highest BCUT2D eigenvalue weighted by molar-refractivity contribution is 6.08. The van der Waals surface area contributed by atoms with Crippen molar-refractivity contribution in [1.82, 2.24) is 0 Å². The van der Waals surface area contributed by atoms with Crippen LogP contribution in [0.3, 0.4) is 0 Å². The fourth-order valence-corrected chi connectivity index (χ4v) is 3.66. The molecule has 2 aliphatic rings. The maximum Gasteiger partial charge on any atom is 0.193 e. The normalized spacial score (nSPS) is 26.2. The molecule has 0 saturated heterocycles. The van der Waals surface area contributed by atoms with Crippen molar-refractivity contribution < 1.29 is 4.79 Å². The van der Waals surface area contributed by atoms with Crippen LogP contribution >= 0.6 is 0 Å². The first-order chi connectivity index (χ1) is 10.3. The largest absolute Gasteiger partial charge is 0.289 e. The van der Waals surface area contributed by atoms with E-state index in [4.69, 9.17) is 0 Å². The SMILES string of the molecule is O=C(c1ccccc1)c1ccc(C2C3C=CCCC32)cc1. The number of carbonyl (C=O) groups excluding carboxylic acids is 1. The number of hydrogen-bond acceptors (Lipinski definition) is 1. The van der Waals surface area contributed by atoms with Crippen molar-refractivity contribution in [3.05, 3.63) is 83.4 Å². The van der Waals surface area contributed by atoms with Crippen LogP contribution in [0.1, 0.15) is 40.2 Å². The zero-order valence-corrected chi connectivity index (χ0v) is 11.9. The standard InChI is InChI=1S/C20H18O/c21-20(15-6-2-1-3-7-15)16-12-10-14(11-13-16)19-17-8-4-5-9-18(17)19/h1-4,6-8,10-13,17-19H,5,9H2. The molecular weight excluding hydrogens is 256 g/mol. The van der Waals surface area contributed by atoms with Crippen molar-refractivity contribution in [1.29, 1.82) is 0 Å². The molecule has 0 N–H and O–H groups in total. The van der Waals surface area contributed by atoms with Gasteiger partial charge in [0.2, 0.25) is 0 Å². The number of hydrogen-bond donors (Lipinski definition) is 0. The van der Waals surface area contributed by atoms with E-state index in [1.807, 2.05) is 42.5 Å². The van der Waals surface area contributed by atoms with Crippen LogP contribution in [0.15, 0.2) is 66.7 Å². The molecule has 2 aromatic rings. The minimum atomic E-state index is 0.107. The van der Waals surface area contributed by atoms with E-state index in [1.165, 1.54) is 18.4 Å². The lowest BCUT2D eigenvalue weighted by atomic mass is 10.00. The van der Waals surface area contributed by atoms with Crippen molar-refractivity contribution in [2.45, 2.75) is 18.8 Å². The summed E-state index contributed by atoms with van der Waals surface area (Å²) < 4.78 is 0. The molecule has 0 aromatic heterocycles. The monoisotopic (exact) mass is 274 g/mol. The highest BCUT2D eigenvalue weighted by Crippen LogP contribution is 2.58. The van der Waals surface area contributed by atoms with Crippen molar-refractivity contribution in [2.24, 2.45) is 11.8 Å². The van der Waals surface area contributed by atoms with Gasteiger partial charge in [-0.3, -0.25) is 4.79 Å². The van der Waals surface area contributed by atoms with Crippen LogP contribution in [0.5, 0.6) is 0 Å². The van der Waals surface area contributed by atoms with Crippen LogP contribution in [-0.4, -0.2) is 5.78 Å². The number of fused-ring (bicyclic) bond motifs is 1. The zero-order valence-electron chi connectivity index (χ0n) is 11.9. The second-order valence-corrected chi connectivity index (χ2v) is 6.09. The van der Waals surface area contributed by atoms with E-state index < -0.39 is 0 Å². The minimum absolute atomic E-state index is 0.107. The van der Waals surface area contributed by atoms with Crippen molar-refractivity contribution in [2.75, 3.05) is 0 Å². The van der Waals surface area contributed by atoms with Gasteiger partial charge >= 0.3 is 0 Å². The zero-order chi connectivity index (χ0) is 14.2. The Labute approximate surface area is 125 Å². The topological polar surface area (TPSA) is 17.1 Å². The van der Waals surface area contributed by atoms with Crippen LogP contribution in [0.4, 0.5) is 0 Å². The highest BCUT2D eigenvalue weighted by Gasteiger charge is 2.49. The Bertz CT molecular complexity index is 682. The fourth-order valence-electron chi connectivity index (χ4n) is 3.66. The third-order valence-electron chi connectivity index (χ3n) is 4.85. The van der Waals surface area contributed by atoms with E-state index in [0.29, 0.717) is 5.92 Å². The first kappa shape index (κ1) is 12.6. The van der Waals surface area contributed by atoms with Gasteiger partial charge in [0.1, 0.15) is 0 Å². The van der Waals surface area contributed by atoms with E-state index in [0.717, 1.165) is 23.0 Å². The maximum atomic E-state index is 12.4. The van der Waals surface area contributed by atoms with Crippen molar-refractivity contribution in [3.63, 3.8) is 0 Å². The summed E-state index contributed by atoms with van der Waals surface area (Å²) in [6, 6.07) is 17.7. The molecule has 21 heavy (non-hydrogen) atoms. The quantitative estimate of drug-likeness (QED) is 0.590. The number of carbonyl (C=O) groups is 1. The maximum absolute atomic E-state index is 12.4. The molecule has 0 aliphatic heterocycles. The first-order valence-electron chi connectivity index (χ1n) is 7.71. The van der Waals surface area contributed by atoms with Gasteiger partial charge < -0.3 is 0 Å². The van der Waals surface area contributed by atoms with Crippen LogP contribution in [0, 0.1) is 11.8 Å². The Morgan fingerprint density at radius 3 is 2.29 bits per heavy atom. The molecule has 0 spiro atoms. The van der Waals surface area contributed by atoms with E-state index in [1.54, 1.807) is 0 Å². The van der Waals surface area contributed by atoms with Crippen LogP contribution in [0.2, 0.25) is 0 Å². The third-order valence-corrected chi connectivity index (χ3v) is 4.85. The van der Waals surface area contributed by atoms with E-state index in [9.17, 15) is 4.79 Å². The Balaban J connectivity index is 1.55. The van der Waals surface area contributed by atoms with Gasteiger partial charge in [-0.2, -0.15) is 0 Å². The number of rotatable bonds is 3. The molecule has 0 heterocycles. The lowest BCUT2D eigenvalue weighted by Gasteiger charge is -2.04. The van der Waals surface area contributed by atoms with Crippen LogP contribution in [0.25, 0.3) is 0 Å². The average Bonchev–Trinajstić information content (AvgIpc) is 3.29. The van der Waals surface area contributed by atoms with E-state index in [2.05, 4.69) is 24.3 Å². The molecule has 3 unspecified atom stereocenters. The molecule has 3 atom stereocenters. The van der Waals surface area contributed by atoms with E-state index >= 15 is 0 Å². The fraction of sp³-hybridized carbons (Fsp3) is 0.250. The van der Waals surface area contributed by atoms with Gasteiger partial charge in [0, 0.05) is 11.1 Å². The van der Waals surface area contributed by atoms with Crippen molar-refractivity contribution in [3.8, 4) is 0 Å². The Morgan fingerprint density at radius 2 is 1.62 bits per heavy atom. The Morgan fingerprint density at radius 1 is 0.905 bits per heavy atom. The summed E-state index contributed by atoms with van der Waals surface area (Å²) in [6.07, 6.45) is 7.23. The smallest absolute Gasteiger partial charge is 0.193 e. The minimum Gasteiger partial charge on any atom is -0.289 e. The molecule has 1 heteroatoms. The average molecular weight is 274 g/mol. The molecule has 1 fully saturated rings. The van der Waals surface area contributed by atoms with Gasteiger partial charge in [0.25, 0.3) is 0 Å². The molecule has 0 radical (unpaired) electrons. The number of ketones is 1. The van der Waals surface area contributed by atoms with Crippen LogP contribution < -0.4 is 0 Å². The lowest BCUT2D eigenvalue weighted by Crippen LogP contribution is -2.00. The van der Waals surface area contributed by atoms with Gasteiger partial charge in [-0.25, -0.2) is 0 Å². The molecule has 0 bridgehead atoms. The molecule has 1 nitrogen and oxygen atoms in total. The second-order valence-electron chi connectivity index (χ2n) is 6.09. The molecule has 2 aliphatic carbocycles. The molecule has 1 saturated carbocycles. The summed E-state index contributed by atoms with van der Waals surface area (Å²) in [5, 5.41) is 0. The summed E-state index contributed by atoms with van der Waals surface area (Å²) in [7, 11) is 0. The predicted molar refractivity (Wildman–Crippen MR) is 84.4 cm³/mol. The van der Waals surface area contributed by atoms with Gasteiger partial charge in [0.05, 0.1) is 0 Å². The second kappa shape index (κ2) is 5.00. The van der Waals surface area contributed by atoms with Gasteiger partial charge in [0.15, 0.2) is 5.78 Å². The summed E-state index contributed by atoms with van der Waals surface area (Å²) >= 11 is 0. The summed E-state index contributed by atoms with van der Waals surface area (Å²) in [4.78, 5) is 12.4. The highest BCUT2D eigenvalue weighted by atomic mass is 16.1. The predicted octanol–water partition coefficient (Wildman–Crippen LogP) is 4.60. The number of benzene rings is 2. The summed E-state index contributed by atoms with van der Waals surface area (Å²) in [6.45, 7) is 0. The Hall–Kier alpha value is -2.15. The molecule has 4 rings (SSSR count). The van der Waals surface area contributed by atoms with Crippen molar-refractivity contribution >= 4 is 5.78 Å². The van der Waals surface area contributed by atoms with Gasteiger partial charge in [-0.15, -0.1) is 0 Å². The lowest BCUT2D eigenvalue weighted by molar-refractivity contribution is 0.103. The number of allylic oxidation sites excluding steroid dienone is 2. The summed E-state index contributed by atoms with van der Waals surface area (Å²) in [5.74, 6) is 2.37. The van der Waals surface area contributed by atoms with Gasteiger partial charge in [-0.05, 0) is 36.2 Å².